The highest BCUT2D eigenvalue weighted by atomic mass is 16.3. The molecule has 0 bridgehead atoms. The number of benzene rings is 1. The molecule has 0 spiro atoms. The number of aliphatic hydroxyl groups excluding tert-OH is 1. The lowest BCUT2D eigenvalue weighted by atomic mass is 9.88. The molecule has 1 aliphatic heterocycles. The van der Waals surface area contributed by atoms with Crippen molar-refractivity contribution >= 4 is 5.69 Å². The third-order valence-corrected chi connectivity index (χ3v) is 4.48. The van der Waals surface area contributed by atoms with Gasteiger partial charge in [0.1, 0.15) is 0 Å². The zero-order chi connectivity index (χ0) is 13.9. The minimum absolute atomic E-state index is 0.0750. The number of nitrogens with one attached hydrogen (secondary N) is 1. The molecule has 0 radical (unpaired) electrons. The monoisotopic (exact) mass is 262 g/mol. The summed E-state index contributed by atoms with van der Waals surface area (Å²) in [6, 6.07) is 8.90. The van der Waals surface area contributed by atoms with Crippen molar-refractivity contribution < 1.29 is 5.11 Å². The van der Waals surface area contributed by atoms with Crippen LogP contribution in [0.5, 0.6) is 0 Å². The summed E-state index contributed by atoms with van der Waals surface area (Å²) in [7, 11) is 1.95. The third kappa shape index (κ3) is 3.10. The number of anilines is 1. The van der Waals surface area contributed by atoms with Gasteiger partial charge >= 0.3 is 0 Å². The van der Waals surface area contributed by atoms with Crippen molar-refractivity contribution in [2.45, 2.75) is 38.1 Å². The number of hydrogen-bond donors (Lipinski definition) is 2. The van der Waals surface area contributed by atoms with Crippen molar-refractivity contribution in [1.29, 1.82) is 0 Å². The van der Waals surface area contributed by atoms with E-state index in [0.29, 0.717) is 5.92 Å². The van der Waals surface area contributed by atoms with Gasteiger partial charge in [0.2, 0.25) is 0 Å². The van der Waals surface area contributed by atoms with Gasteiger partial charge in [-0.15, -0.1) is 0 Å². The number of piperidine rings is 1. The van der Waals surface area contributed by atoms with Crippen LogP contribution in [0.3, 0.4) is 0 Å². The van der Waals surface area contributed by atoms with Gasteiger partial charge in [0.05, 0.1) is 6.61 Å². The normalized spacial score (nSPS) is 18.9. The van der Waals surface area contributed by atoms with Crippen LogP contribution in [-0.2, 0) is 0 Å². The fourth-order valence-corrected chi connectivity index (χ4v) is 2.75. The summed E-state index contributed by atoms with van der Waals surface area (Å²) in [5, 5.41) is 12.8. The Morgan fingerprint density at radius 2 is 1.79 bits per heavy atom. The molecule has 1 fully saturated rings. The van der Waals surface area contributed by atoms with E-state index in [1.807, 2.05) is 7.05 Å². The lowest BCUT2D eigenvalue weighted by Gasteiger charge is -2.41. The minimum Gasteiger partial charge on any atom is -0.394 e. The fourth-order valence-electron chi connectivity index (χ4n) is 2.75. The average Bonchev–Trinajstić information content (AvgIpc) is 2.47. The molecule has 106 valence electrons. The van der Waals surface area contributed by atoms with E-state index in [-0.39, 0.29) is 12.1 Å². The molecule has 1 saturated heterocycles. The first-order chi connectivity index (χ1) is 9.10. The Morgan fingerprint density at radius 1 is 1.21 bits per heavy atom. The van der Waals surface area contributed by atoms with Gasteiger partial charge in [0.25, 0.3) is 0 Å². The third-order valence-electron chi connectivity index (χ3n) is 4.48. The quantitative estimate of drug-likeness (QED) is 0.874. The van der Waals surface area contributed by atoms with Crippen LogP contribution in [0.4, 0.5) is 5.69 Å². The van der Waals surface area contributed by atoms with Crippen molar-refractivity contribution in [3.8, 4) is 0 Å². The predicted molar refractivity (Wildman–Crippen MR) is 80.9 cm³/mol. The van der Waals surface area contributed by atoms with Crippen molar-refractivity contribution in [3.63, 3.8) is 0 Å². The minimum atomic E-state index is -0.0750. The van der Waals surface area contributed by atoms with E-state index in [9.17, 15) is 5.11 Å². The van der Waals surface area contributed by atoms with Crippen LogP contribution in [0.2, 0.25) is 0 Å². The van der Waals surface area contributed by atoms with Crippen molar-refractivity contribution in [2.75, 3.05) is 31.6 Å². The number of rotatable bonds is 4. The molecule has 0 aliphatic carbocycles. The van der Waals surface area contributed by atoms with E-state index in [4.69, 9.17) is 0 Å². The molecule has 1 aromatic rings. The molecule has 3 heteroatoms. The number of aliphatic hydroxyl groups is 1. The van der Waals surface area contributed by atoms with Gasteiger partial charge in [-0.05, 0) is 43.5 Å². The van der Waals surface area contributed by atoms with Crippen LogP contribution in [0.1, 0.15) is 38.2 Å². The largest absolute Gasteiger partial charge is 0.394 e. The smallest absolute Gasteiger partial charge is 0.0614 e. The van der Waals surface area contributed by atoms with E-state index < -0.39 is 0 Å². The SMILES string of the molecule is CNC1(CO)CCN(c2ccc(C(C)C)cc2)CC1. The Morgan fingerprint density at radius 3 is 2.21 bits per heavy atom. The molecule has 1 heterocycles. The number of hydrogen-bond acceptors (Lipinski definition) is 3. The second-order valence-electron chi connectivity index (χ2n) is 5.92. The lowest BCUT2D eigenvalue weighted by Crippen LogP contribution is -2.54. The molecule has 1 aliphatic rings. The first-order valence-corrected chi connectivity index (χ1v) is 7.25. The van der Waals surface area contributed by atoms with E-state index >= 15 is 0 Å². The van der Waals surface area contributed by atoms with Gasteiger partial charge in [-0.3, -0.25) is 0 Å². The maximum atomic E-state index is 9.51. The molecule has 0 atom stereocenters. The second-order valence-corrected chi connectivity index (χ2v) is 5.92. The highest BCUT2D eigenvalue weighted by molar-refractivity contribution is 5.48. The highest BCUT2D eigenvalue weighted by Crippen LogP contribution is 2.27. The van der Waals surface area contributed by atoms with E-state index in [1.54, 1.807) is 0 Å². The van der Waals surface area contributed by atoms with Gasteiger partial charge in [-0.25, -0.2) is 0 Å². The summed E-state index contributed by atoms with van der Waals surface area (Å²) >= 11 is 0. The summed E-state index contributed by atoms with van der Waals surface area (Å²) in [6.45, 7) is 6.67. The Bertz CT molecular complexity index is 386. The molecule has 0 amide bonds. The first kappa shape index (κ1) is 14.4. The molecule has 1 aromatic carbocycles. The summed E-state index contributed by atoms with van der Waals surface area (Å²) in [5.41, 5.74) is 2.61. The van der Waals surface area contributed by atoms with Crippen LogP contribution in [0.25, 0.3) is 0 Å². The van der Waals surface area contributed by atoms with Crippen LogP contribution >= 0.6 is 0 Å². The van der Waals surface area contributed by atoms with Crippen LogP contribution in [0.15, 0.2) is 24.3 Å². The Hall–Kier alpha value is -1.06. The molecule has 2 rings (SSSR count). The Kier molecular flexibility index (Phi) is 4.48. The summed E-state index contributed by atoms with van der Waals surface area (Å²) in [5.74, 6) is 0.585. The first-order valence-electron chi connectivity index (χ1n) is 7.25. The number of likely N-dealkylation sites (N-methyl/N-ethyl adjacent to an activating group) is 1. The highest BCUT2D eigenvalue weighted by Gasteiger charge is 2.32. The van der Waals surface area contributed by atoms with E-state index in [0.717, 1.165) is 25.9 Å². The van der Waals surface area contributed by atoms with Crippen LogP contribution in [-0.4, -0.2) is 37.4 Å². The van der Waals surface area contributed by atoms with Gasteiger partial charge in [0, 0.05) is 24.3 Å². The average molecular weight is 262 g/mol. The van der Waals surface area contributed by atoms with E-state index in [2.05, 4.69) is 48.3 Å². The molecule has 0 unspecified atom stereocenters. The van der Waals surface area contributed by atoms with E-state index in [1.165, 1.54) is 11.3 Å². The van der Waals surface area contributed by atoms with Crippen molar-refractivity contribution in [2.24, 2.45) is 0 Å². The molecule has 3 nitrogen and oxygen atoms in total. The fraction of sp³-hybridized carbons (Fsp3) is 0.625. The van der Waals surface area contributed by atoms with Crippen molar-refractivity contribution in [3.05, 3.63) is 29.8 Å². The summed E-state index contributed by atoms with van der Waals surface area (Å²) in [4.78, 5) is 2.41. The standard InChI is InChI=1S/C16H26N2O/c1-13(2)14-4-6-15(7-5-14)18-10-8-16(12-19,17-3)9-11-18/h4-7,13,17,19H,8-12H2,1-3H3. The molecule has 19 heavy (non-hydrogen) atoms. The second kappa shape index (κ2) is 5.93. The van der Waals surface area contributed by atoms with Gasteiger partial charge in [0.15, 0.2) is 0 Å². The van der Waals surface area contributed by atoms with Gasteiger partial charge < -0.3 is 15.3 Å². The molecular weight excluding hydrogens is 236 g/mol. The molecule has 2 N–H and O–H groups in total. The Balaban J connectivity index is 2.01. The zero-order valence-electron chi connectivity index (χ0n) is 12.3. The Labute approximate surface area is 116 Å². The molecule has 0 aromatic heterocycles. The topological polar surface area (TPSA) is 35.5 Å². The van der Waals surface area contributed by atoms with Gasteiger partial charge in [-0.1, -0.05) is 26.0 Å². The number of nitrogens with zero attached hydrogens (tertiary/aromatic N) is 1. The maximum Gasteiger partial charge on any atom is 0.0614 e. The summed E-state index contributed by atoms with van der Waals surface area (Å²) in [6.07, 6.45) is 1.98. The lowest BCUT2D eigenvalue weighted by molar-refractivity contribution is 0.142. The maximum absolute atomic E-state index is 9.51. The van der Waals surface area contributed by atoms with Crippen LogP contribution in [0, 0.1) is 0 Å². The molecular formula is C16H26N2O. The van der Waals surface area contributed by atoms with Gasteiger partial charge in [-0.2, -0.15) is 0 Å². The van der Waals surface area contributed by atoms with Crippen molar-refractivity contribution in [1.82, 2.24) is 5.32 Å². The molecule has 0 saturated carbocycles. The zero-order valence-corrected chi connectivity index (χ0v) is 12.3. The predicted octanol–water partition coefficient (Wildman–Crippen LogP) is 2.36. The summed E-state index contributed by atoms with van der Waals surface area (Å²) < 4.78 is 0. The van der Waals surface area contributed by atoms with Crippen LogP contribution < -0.4 is 10.2 Å².